The summed E-state index contributed by atoms with van der Waals surface area (Å²) in [6, 6.07) is 9.93. The molecule has 0 aromatic heterocycles. The number of carboxylic acid groups (broad SMARTS) is 1. The second kappa shape index (κ2) is 4.33. The Kier molecular flexibility index (Phi) is 2.66. The number of aromatic carboxylic acids is 1. The monoisotopic (exact) mass is 280 g/mol. The standard InChI is InChI=1S/C19H20O2/c1-19-9-2-3-17(19)16-7-4-12-11-13(18(20)21)5-6-14(12)15(16)8-10-19/h4-7,11,17H,2-3,8-10H2,1H3,(H,20,21)/t17-,19-/m0/s1. The van der Waals surface area contributed by atoms with Gasteiger partial charge in [0.25, 0.3) is 0 Å². The zero-order valence-corrected chi connectivity index (χ0v) is 12.4. The van der Waals surface area contributed by atoms with Crippen LogP contribution in [0.25, 0.3) is 10.8 Å². The van der Waals surface area contributed by atoms with Crippen LogP contribution in [-0.4, -0.2) is 11.1 Å². The van der Waals surface area contributed by atoms with Crippen LogP contribution < -0.4 is 0 Å². The van der Waals surface area contributed by atoms with Gasteiger partial charge in [-0.3, -0.25) is 0 Å². The lowest BCUT2D eigenvalue weighted by Crippen LogP contribution is -2.26. The van der Waals surface area contributed by atoms with E-state index < -0.39 is 5.97 Å². The van der Waals surface area contributed by atoms with Gasteiger partial charge in [0.1, 0.15) is 0 Å². The summed E-state index contributed by atoms with van der Waals surface area (Å²) in [7, 11) is 0. The molecule has 0 heterocycles. The van der Waals surface area contributed by atoms with Crippen molar-refractivity contribution < 1.29 is 9.90 Å². The van der Waals surface area contributed by atoms with Gasteiger partial charge in [-0.1, -0.05) is 31.5 Å². The minimum Gasteiger partial charge on any atom is -0.478 e. The summed E-state index contributed by atoms with van der Waals surface area (Å²) in [4.78, 5) is 11.1. The minimum absolute atomic E-state index is 0.379. The Morgan fingerprint density at radius 1 is 1.24 bits per heavy atom. The molecule has 2 heteroatoms. The molecule has 1 N–H and O–H groups in total. The molecule has 0 unspecified atom stereocenters. The first-order valence-corrected chi connectivity index (χ1v) is 7.87. The average Bonchev–Trinajstić information content (AvgIpc) is 2.88. The number of aryl methyl sites for hydroxylation is 1. The van der Waals surface area contributed by atoms with Crippen LogP contribution >= 0.6 is 0 Å². The third kappa shape index (κ3) is 1.81. The van der Waals surface area contributed by atoms with Gasteiger partial charge < -0.3 is 5.11 Å². The fourth-order valence-corrected chi connectivity index (χ4v) is 4.62. The zero-order valence-electron chi connectivity index (χ0n) is 12.4. The molecule has 4 rings (SSSR count). The molecule has 2 nitrogen and oxygen atoms in total. The SMILES string of the molecule is C[C@@]12CCC[C@H]1c1ccc3cc(C(=O)O)ccc3c1CC2. The van der Waals surface area contributed by atoms with E-state index >= 15 is 0 Å². The summed E-state index contributed by atoms with van der Waals surface area (Å²) in [6.45, 7) is 2.45. The first kappa shape index (κ1) is 12.9. The van der Waals surface area contributed by atoms with Crippen molar-refractivity contribution in [1.29, 1.82) is 0 Å². The molecule has 2 aromatic carbocycles. The lowest BCUT2D eigenvalue weighted by atomic mass is 9.66. The van der Waals surface area contributed by atoms with E-state index in [1.165, 1.54) is 42.2 Å². The zero-order chi connectivity index (χ0) is 14.6. The Bertz CT molecular complexity index is 747. The number of fused-ring (bicyclic) bond motifs is 5. The molecule has 0 saturated heterocycles. The van der Waals surface area contributed by atoms with Crippen LogP contribution in [0.1, 0.15) is 60.0 Å². The quantitative estimate of drug-likeness (QED) is 0.817. The second-order valence-electron chi connectivity index (χ2n) is 6.97. The first-order chi connectivity index (χ1) is 10.1. The van der Waals surface area contributed by atoms with Crippen molar-refractivity contribution in [2.45, 2.75) is 44.9 Å². The number of benzene rings is 2. The van der Waals surface area contributed by atoms with Gasteiger partial charge in [-0.05, 0) is 71.0 Å². The van der Waals surface area contributed by atoms with E-state index in [1.54, 1.807) is 12.1 Å². The Balaban J connectivity index is 1.90. The predicted octanol–water partition coefficient (Wildman–Crippen LogP) is 4.76. The molecule has 0 amide bonds. The molecule has 0 radical (unpaired) electrons. The van der Waals surface area contributed by atoms with Crippen molar-refractivity contribution in [3.63, 3.8) is 0 Å². The highest BCUT2D eigenvalue weighted by atomic mass is 16.4. The summed E-state index contributed by atoms with van der Waals surface area (Å²) in [6.07, 6.45) is 6.41. The number of hydrogen-bond acceptors (Lipinski definition) is 1. The molecular formula is C19H20O2. The van der Waals surface area contributed by atoms with Crippen LogP contribution in [0, 0.1) is 5.41 Å². The molecule has 0 spiro atoms. The molecule has 2 aromatic rings. The van der Waals surface area contributed by atoms with E-state index in [1.807, 2.05) is 6.07 Å². The maximum absolute atomic E-state index is 11.1. The highest BCUT2D eigenvalue weighted by Crippen LogP contribution is 2.56. The van der Waals surface area contributed by atoms with Crippen molar-refractivity contribution in [2.24, 2.45) is 5.41 Å². The maximum Gasteiger partial charge on any atom is 0.335 e. The largest absolute Gasteiger partial charge is 0.478 e. The lowest BCUT2D eigenvalue weighted by Gasteiger charge is -2.38. The number of hydrogen-bond donors (Lipinski definition) is 1. The topological polar surface area (TPSA) is 37.3 Å². The average molecular weight is 280 g/mol. The fourth-order valence-electron chi connectivity index (χ4n) is 4.62. The summed E-state index contributed by atoms with van der Waals surface area (Å²) < 4.78 is 0. The van der Waals surface area contributed by atoms with Gasteiger partial charge >= 0.3 is 5.97 Å². The van der Waals surface area contributed by atoms with Gasteiger partial charge in [0.05, 0.1) is 5.56 Å². The molecule has 1 saturated carbocycles. The Morgan fingerprint density at radius 2 is 2.10 bits per heavy atom. The normalized spacial score (nSPS) is 27.4. The van der Waals surface area contributed by atoms with E-state index in [4.69, 9.17) is 5.11 Å². The fraction of sp³-hybridized carbons (Fsp3) is 0.421. The summed E-state index contributed by atoms with van der Waals surface area (Å²) >= 11 is 0. The van der Waals surface area contributed by atoms with Gasteiger partial charge in [-0.25, -0.2) is 4.79 Å². The van der Waals surface area contributed by atoms with Crippen LogP contribution in [0.4, 0.5) is 0 Å². The molecule has 2 aliphatic carbocycles. The van der Waals surface area contributed by atoms with Crippen LogP contribution in [0.2, 0.25) is 0 Å². The highest BCUT2D eigenvalue weighted by molar-refractivity contribution is 5.96. The molecule has 0 bridgehead atoms. The maximum atomic E-state index is 11.1. The van der Waals surface area contributed by atoms with E-state index in [-0.39, 0.29) is 0 Å². The van der Waals surface area contributed by atoms with Crippen molar-refractivity contribution >= 4 is 16.7 Å². The van der Waals surface area contributed by atoms with Crippen LogP contribution in [0.5, 0.6) is 0 Å². The summed E-state index contributed by atoms with van der Waals surface area (Å²) in [5, 5.41) is 11.5. The lowest BCUT2D eigenvalue weighted by molar-refractivity contribution is 0.0697. The third-order valence-corrected chi connectivity index (χ3v) is 5.82. The van der Waals surface area contributed by atoms with Crippen LogP contribution in [0.15, 0.2) is 30.3 Å². The van der Waals surface area contributed by atoms with E-state index in [0.717, 1.165) is 11.8 Å². The van der Waals surface area contributed by atoms with Crippen molar-refractivity contribution in [3.8, 4) is 0 Å². The van der Waals surface area contributed by atoms with Crippen LogP contribution in [-0.2, 0) is 6.42 Å². The van der Waals surface area contributed by atoms with Crippen LogP contribution in [0.3, 0.4) is 0 Å². The molecule has 1 fully saturated rings. The molecule has 108 valence electrons. The number of carbonyl (C=O) groups is 1. The first-order valence-electron chi connectivity index (χ1n) is 7.87. The number of rotatable bonds is 1. The van der Waals surface area contributed by atoms with E-state index in [2.05, 4.69) is 19.1 Å². The van der Waals surface area contributed by atoms with Crippen molar-refractivity contribution in [2.75, 3.05) is 0 Å². The second-order valence-corrected chi connectivity index (χ2v) is 6.97. The third-order valence-electron chi connectivity index (χ3n) is 5.82. The molecule has 2 aliphatic rings. The molecule has 2 atom stereocenters. The number of carboxylic acids is 1. The highest BCUT2D eigenvalue weighted by Gasteiger charge is 2.43. The van der Waals surface area contributed by atoms with Gasteiger partial charge in [0.15, 0.2) is 0 Å². The van der Waals surface area contributed by atoms with Gasteiger partial charge in [-0.2, -0.15) is 0 Å². The molecule has 21 heavy (non-hydrogen) atoms. The minimum atomic E-state index is -0.849. The Morgan fingerprint density at radius 3 is 2.90 bits per heavy atom. The summed E-state index contributed by atoms with van der Waals surface area (Å²) in [5.74, 6) is -0.150. The summed E-state index contributed by atoms with van der Waals surface area (Å²) in [5.41, 5.74) is 3.86. The van der Waals surface area contributed by atoms with Crippen molar-refractivity contribution in [1.82, 2.24) is 0 Å². The van der Waals surface area contributed by atoms with Crippen molar-refractivity contribution in [3.05, 3.63) is 47.0 Å². The predicted molar refractivity (Wildman–Crippen MR) is 83.9 cm³/mol. The molecule has 0 aliphatic heterocycles. The van der Waals surface area contributed by atoms with Gasteiger partial charge in [0, 0.05) is 0 Å². The molecular weight excluding hydrogens is 260 g/mol. The smallest absolute Gasteiger partial charge is 0.335 e. The van der Waals surface area contributed by atoms with Gasteiger partial charge in [-0.15, -0.1) is 0 Å². The van der Waals surface area contributed by atoms with E-state index in [9.17, 15) is 4.79 Å². The van der Waals surface area contributed by atoms with E-state index in [0.29, 0.717) is 16.9 Å². The Labute approximate surface area is 124 Å². The van der Waals surface area contributed by atoms with Gasteiger partial charge in [0.2, 0.25) is 0 Å². The Hall–Kier alpha value is -1.83.